The molecular formula is C138H98N6. The molecule has 0 fully saturated rings. The van der Waals surface area contributed by atoms with Crippen LogP contribution in [0, 0.1) is 0 Å². The minimum atomic E-state index is -0.224. The highest BCUT2D eigenvalue weighted by Crippen LogP contribution is 2.59. The Morgan fingerprint density at radius 2 is 0.368 bits per heavy atom. The molecule has 144 heavy (non-hydrogen) atoms. The van der Waals surface area contributed by atoms with Crippen molar-refractivity contribution in [2.24, 2.45) is 0 Å². The topological polar surface area (TPSA) is 58.0 Å². The number of benzene rings is 22. The summed E-state index contributed by atoms with van der Waals surface area (Å²) in [5, 5.41) is 4.70. The van der Waals surface area contributed by atoms with Crippen LogP contribution in [0.1, 0.15) is 49.9 Å². The Balaban J connectivity index is 0.000000152. The fraction of sp³-hybridized carbons (Fsp3) is 0.0435. The quantitative estimate of drug-likeness (QED) is 0.0853. The fourth-order valence-corrected chi connectivity index (χ4v) is 22.5. The van der Waals surface area contributed by atoms with Crippen molar-refractivity contribution in [2.75, 3.05) is 9.80 Å². The van der Waals surface area contributed by atoms with Crippen LogP contribution in [0.2, 0.25) is 0 Å². The molecule has 0 unspecified atom stereocenters. The van der Waals surface area contributed by atoms with Gasteiger partial charge in [0.05, 0.1) is 44.8 Å². The summed E-state index contributed by atoms with van der Waals surface area (Å²) in [6.45, 7) is 9.51. The second kappa shape index (κ2) is 36.8. The van der Waals surface area contributed by atoms with Gasteiger partial charge >= 0.3 is 0 Å². The molecule has 6 heteroatoms. The van der Waals surface area contributed by atoms with E-state index >= 15 is 0 Å². The van der Waals surface area contributed by atoms with Crippen LogP contribution in [0.3, 0.4) is 0 Å². The average Bonchev–Trinajstić information content (AvgIpc) is 1.66. The number of anilines is 6. The zero-order chi connectivity index (χ0) is 96.4. The zero-order valence-electron chi connectivity index (χ0n) is 80.3. The lowest BCUT2D eigenvalue weighted by Gasteiger charge is -2.27. The van der Waals surface area contributed by atoms with Crippen LogP contribution in [0.15, 0.2) is 522 Å². The van der Waals surface area contributed by atoms with Crippen LogP contribution in [0.5, 0.6) is 0 Å². The van der Waals surface area contributed by atoms with E-state index in [1.54, 1.807) is 0 Å². The van der Waals surface area contributed by atoms with E-state index in [9.17, 15) is 0 Å². The van der Waals surface area contributed by atoms with Crippen LogP contribution < -0.4 is 9.80 Å². The molecule has 0 radical (unpaired) electrons. The third-order valence-electron chi connectivity index (χ3n) is 29.3. The van der Waals surface area contributed by atoms with Gasteiger partial charge in [0.15, 0.2) is 0 Å². The van der Waals surface area contributed by atoms with E-state index < -0.39 is 0 Å². The van der Waals surface area contributed by atoms with E-state index in [4.69, 9.17) is 19.9 Å². The molecule has 0 saturated carbocycles. The summed E-state index contributed by atoms with van der Waals surface area (Å²) in [6.07, 6.45) is 0. The summed E-state index contributed by atoms with van der Waals surface area (Å²) in [7, 11) is 0. The molecule has 22 aromatic carbocycles. The number of aromatic nitrogens is 4. The van der Waals surface area contributed by atoms with E-state index in [1.807, 2.05) is 0 Å². The molecule has 6 nitrogen and oxygen atoms in total. The van der Waals surface area contributed by atoms with E-state index in [-0.39, 0.29) is 10.8 Å². The van der Waals surface area contributed by atoms with Gasteiger partial charge in [-0.25, -0.2) is 19.9 Å². The molecule has 0 saturated heterocycles. The number of fused-ring (bicyclic) bond motifs is 10. The van der Waals surface area contributed by atoms with E-state index in [0.29, 0.717) is 0 Å². The molecule has 0 bridgehead atoms. The van der Waals surface area contributed by atoms with Crippen molar-refractivity contribution in [3.05, 3.63) is 544 Å². The minimum absolute atomic E-state index is 0.221. The first-order valence-electron chi connectivity index (χ1n) is 49.7. The third kappa shape index (κ3) is 15.4. The summed E-state index contributed by atoms with van der Waals surface area (Å²) < 4.78 is 0. The van der Waals surface area contributed by atoms with Gasteiger partial charge in [0.2, 0.25) is 0 Å². The van der Waals surface area contributed by atoms with Crippen LogP contribution in [-0.2, 0) is 10.8 Å². The van der Waals surface area contributed by atoms with Crippen molar-refractivity contribution in [1.82, 2.24) is 19.9 Å². The molecule has 0 N–H and O–H groups in total. The van der Waals surface area contributed by atoms with Gasteiger partial charge < -0.3 is 9.80 Å². The Morgan fingerprint density at radius 3 is 0.674 bits per heavy atom. The van der Waals surface area contributed by atoms with Crippen molar-refractivity contribution in [3.63, 3.8) is 0 Å². The molecule has 26 rings (SSSR count). The highest BCUT2D eigenvalue weighted by Gasteiger charge is 2.40. The molecule has 2 heterocycles. The number of para-hydroxylation sites is 4. The lowest BCUT2D eigenvalue weighted by molar-refractivity contribution is 0.660. The lowest BCUT2D eigenvalue weighted by atomic mass is 9.77. The van der Waals surface area contributed by atoms with Gasteiger partial charge in [-0.15, -0.1) is 0 Å². The van der Waals surface area contributed by atoms with E-state index in [2.05, 4.69) is 559 Å². The maximum Gasteiger partial charge on any atom is 0.0986 e. The number of rotatable bonds is 18. The van der Waals surface area contributed by atoms with Gasteiger partial charge in [0.25, 0.3) is 0 Å². The van der Waals surface area contributed by atoms with Crippen molar-refractivity contribution in [1.29, 1.82) is 0 Å². The second-order valence-electron chi connectivity index (χ2n) is 38.5. The molecule has 24 aromatic rings. The smallest absolute Gasteiger partial charge is 0.0986 e. The molecular weight excluding hydrogens is 1740 g/mol. The molecule has 0 spiro atoms. The Kier molecular flexibility index (Phi) is 22.3. The molecule has 0 aliphatic heterocycles. The van der Waals surface area contributed by atoms with E-state index in [0.717, 1.165) is 190 Å². The SMILES string of the molecule is CC1(C)c2ccccc2-c2ccc(-c3c(-c4ccc5c(c4)C(C)(C)c4ccccc4-5)c(-c4ccccc4)c4nc(-c5ccc(N(c6ccccc6)c6ccccc6)cc5)c(-c5ccccc5)nc4c3-c3ccccc3)cc21.c1ccc(-c2nc3c(-c4ccccc4)c(-c4cccc5ccccc45)c(-c4cccc5ccccc45)c(-c4ccccc4)c3nc2-c2ccc(N(c3ccccc3)c3ccccc3)cc2)cc1. The number of hydrogen-bond acceptors (Lipinski definition) is 6. The second-order valence-corrected chi connectivity index (χ2v) is 38.5. The monoisotopic (exact) mass is 1840 g/mol. The van der Waals surface area contributed by atoms with E-state index in [1.165, 1.54) is 66.1 Å². The van der Waals surface area contributed by atoms with Gasteiger partial charge in [-0.05, 0) is 195 Å². The molecule has 2 aliphatic carbocycles. The highest BCUT2D eigenvalue weighted by atomic mass is 15.1. The maximum absolute atomic E-state index is 6.06. The standard InChI is InChI=1S/C74H55N3.C64H43N3/c1-73(2)61-36-22-20-34-57(61)59-44-40-52(46-63(59)73)65-66(53-41-45-60-58-35-21-23-37-62(58)74(3,4)64(60)47-53)68(49-26-12-6-13-27-49)72-71(67(65)48-24-10-5-11-25-48)75-69(50-28-14-7-15-29-50)70(76-72)51-38-42-56(43-39-51)77(54-30-16-8-17-31-54)55-32-18-9-19-33-55;1-6-24-46(25-7-1)57-59(55-38-20-30-44-22-16-18-36-53(44)55)60(56-39-21-31-45-23-17-19-37-54(45)56)58(47-26-8-2-9-27-47)64-63(57)65-61(48-28-10-3-11-29-48)62(66-64)49-40-42-52(43-41-49)67(50-32-12-4-13-33-50)51-34-14-5-15-35-51/h5-47H,1-4H3;1-43H. The zero-order valence-corrected chi connectivity index (χ0v) is 80.3. The van der Waals surface area contributed by atoms with Gasteiger partial charge in [-0.1, -0.05) is 464 Å². The third-order valence-corrected chi connectivity index (χ3v) is 29.3. The summed E-state index contributed by atoms with van der Waals surface area (Å²) in [5.41, 5.74) is 44.7. The summed E-state index contributed by atoms with van der Waals surface area (Å²) in [5.74, 6) is 0. The highest BCUT2D eigenvalue weighted by molar-refractivity contribution is 6.22. The van der Waals surface area contributed by atoms with Crippen LogP contribution >= 0.6 is 0 Å². The average molecular weight is 1840 g/mol. The first kappa shape index (κ1) is 87.2. The predicted molar refractivity (Wildman–Crippen MR) is 604 cm³/mol. The molecule has 2 aromatic heterocycles. The molecule has 680 valence electrons. The van der Waals surface area contributed by atoms with Crippen molar-refractivity contribution in [2.45, 2.75) is 38.5 Å². The summed E-state index contributed by atoms with van der Waals surface area (Å²) in [6, 6.07) is 188. The lowest BCUT2D eigenvalue weighted by Crippen LogP contribution is -2.15. The van der Waals surface area contributed by atoms with Crippen molar-refractivity contribution in [3.8, 4) is 156 Å². The van der Waals surface area contributed by atoms with Gasteiger partial charge in [0.1, 0.15) is 0 Å². The number of hydrogen-bond donors (Lipinski definition) is 0. The van der Waals surface area contributed by atoms with Gasteiger partial charge in [-0.3, -0.25) is 0 Å². The predicted octanol–water partition coefficient (Wildman–Crippen LogP) is 37.1. The maximum atomic E-state index is 6.06. The Bertz CT molecular complexity index is 8890. The Labute approximate surface area is 840 Å². The fourth-order valence-electron chi connectivity index (χ4n) is 22.5. The summed E-state index contributed by atoms with van der Waals surface area (Å²) >= 11 is 0. The molecule has 0 atom stereocenters. The largest absolute Gasteiger partial charge is 0.311 e. The Morgan fingerprint density at radius 1 is 0.153 bits per heavy atom. The normalized spacial score (nSPS) is 12.4. The van der Waals surface area contributed by atoms with Crippen LogP contribution in [0.4, 0.5) is 34.1 Å². The summed E-state index contributed by atoms with van der Waals surface area (Å²) in [4.78, 5) is 28.6. The Hall–Kier alpha value is -18.4. The minimum Gasteiger partial charge on any atom is -0.311 e. The van der Waals surface area contributed by atoms with Crippen LogP contribution in [0.25, 0.3) is 200 Å². The van der Waals surface area contributed by atoms with Crippen molar-refractivity contribution < 1.29 is 0 Å². The van der Waals surface area contributed by atoms with Gasteiger partial charge in [0, 0.05) is 112 Å². The van der Waals surface area contributed by atoms with Crippen molar-refractivity contribution >= 4 is 77.7 Å². The van der Waals surface area contributed by atoms with Gasteiger partial charge in [-0.2, -0.15) is 0 Å². The molecule has 0 amide bonds. The first-order valence-corrected chi connectivity index (χ1v) is 49.7. The van der Waals surface area contributed by atoms with Crippen LogP contribution in [-0.4, -0.2) is 19.9 Å². The first-order chi connectivity index (χ1) is 71.0. The number of nitrogens with zero attached hydrogens (tertiary/aromatic N) is 6. The molecule has 2 aliphatic rings.